The van der Waals surface area contributed by atoms with Crippen molar-refractivity contribution in [1.82, 2.24) is 4.90 Å². The normalized spacial score (nSPS) is 21.4. The molecule has 0 unspecified atom stereocenters. The number of rotatable bonds is 4. The van der Waals surface area contributed by atoms with Crippen molar-refractivity contribution in [2.24, 2.45) is 5.92 Å². The molecule has 17 heavy (non-hydrogen) atoms. The molecule has 1 aliphatic heterocycles. The predicted molar refractivity (Wildman–Crippen MR) is 71.5 cm³/mol. The fourth-order valence-electron chi connectivity index (χ4n) is 2.57. The van der Waals surface area contributed by atoms with E-state index in [1.165, 1.54) is 38.0 Å². The van der Waals surface area contributed by atoms with Gasteiger partial charge in [-0.3, -0.25) is 0 Å². The summed E-state index contributed by atoms with van der Waals surface area (Å²) in [4.78, 5) is 2.60. The van der Waals surface area contributed by atoms with Crippen LogP contribution >= 0.6 is 0 Å². The van der Waals surface area contributed by atoms with Gasteiger partial charge in [-0.2, -0.15) is 0 Å². The molecule has 1 atom stereocenters. The Labute approximate surface area is 105 Å². The summed E-state index contributed by atoms with van der Waals surface area (Å²) in [6.07, 6.45) is 3.92. The second-order valence-electron chi connectivity index (χ2n) is 5.15. The third-order valence-electron chi connectivity index (χ3n) is 3.62. The van der Waals surface area contributed by atoms with E-state index < -0.39 is 0 Å². The highest BCUT2D eigenvalue weighted by molar-refractivity contribution is 5.27. The van der Waals surface area contributed by atoms with E-state index in [-0.39, 0.29) is 0 Å². The molecule has 0 saturated carbocycles. The fraction of sp³-hybridized carbons (Fsp3) is 0.600. The van der Waals surface area contributed by atoms with Gasteiger partial charge in [0.2, 0.25) is 0 Å². The van der Waals surface area contributed by atoms with Crippen LogP contribution in [0.25, 0.3) is 0 Å². The van der Waals surface area contributed by atoms with E-state index in [2.05, 4.69) is 24.0 Å². The Kier molecular flexibility index (Phi) is 4.43. The van der Waals surface area contributed by atoms with Gasteiger partial charge in [-0.15, -0.1) is 0 Å². The Bertz CT molecular complexity index is 333. The summed E-state index contributed by atoms with van der Waals surface area (Å²) in [7, 11) is 1.71. The molecule has 1 saturated heterocycles. The molecule has 0 aliphatic carbocycles. The Hall–Kier alpha value is -1.02. The van der Waals surface area contributed by atoms with Crippen LogP contribution in [0, 0.1) is 5.92 Å². The third kappa shape index (κ3) is 3.74. The molecule has 0 radical (unpaired) electrons. The van der Waals surface area contributed by atoms with Gasteiger partial charge in [-0.1, -0.05) is 19.1 Å². The van der Waals surface area contributed by atoms with Crippen molar-refractivity contribution < 1.29 is 4.74 Å². The van der Waals surface area contributed by atoms with Gasteiger partial charge in [0.25, 0.3) is 0 Å². The molecule has 0 amide bonds. The van der Waals surface area contributed by atoms with Gasteiger partial charge >= 0.3 is 0 Å². The highest BCUT2D eigenvalue weighted by atomic mass is 16.5. The zero-order valence-electron chi connectivity index (χ0n) is 11.0. The minimum absolute atomic E-state index is 0.875. The van der Waals surface area contributed by atoms with E-state index in [9.17, 15) is 0 Å². The summed E-state index contributed by atoms with van der Waals surface area (Å²) >= 11 is 0. The topological polar surface area (TPSA) is 12.5 Å². The lowest BCUT2D eigenvalue weighted by molar-refractivity contribution is 0.186. The van der Waals surface area contributed by atoms with Crippen LogP contribution in [0.15, 0.2) is 24.3 Å². The highest BCUT2D eigenvalue weighted by Gasteiger charge is 2.15. The van der Waals surface area contributed by atoms with Crippen LogP contribution in [0.4, 0.5) is 0 Å². The van der Waals surface area contributed by atoms with Gasteiger partial charge < -0.3 is 9.64 Å². The number of benzene rings is 1. The highest BCUT2D eigenvalue weighted by Crippen LogP contribution is 2.16. The molecular weight excluding hydrogens is 210 g/mol. The molecule has 1 aromatic rings. The largest absolute Gasteiger partial charge is 0.497 e. The number of ether oxygens (including phenoxy) is 1. The van der Waals surface area contributed by atoms with Gasteiger partial charge in [0.05, 0.1) is 7.11 Å². The first-order valence-electron chi connectivity index (χ1n) is 6.63. The van der Waals surface area contributed by atoms with E-state index in [4.69, 9.17) is 4.74 Å². The first-order chi connectivity index (χ1) is 8.28. The van der Waals surface area contributed by atoms with Crippen LogP contribution in [-0.2, 0) is 6.42 Å². The summed E-state index contributed by atoms with van der Waals surface area (Å²) in [6.45, 7) is 6.10. The van der Waals surface area contributed by atoms with Crippen LogP contribution in [-0.4, -0.2) is 31.6 Å². The van der Waals surface area contributed by atoms with Crippen molar-refractivity contribution in [3.63, 3.8) is 0 Å². The molecular formula is C15H23NO. The average Bonchev–Trinajstić information content (AvgIpc) is 2.37. The van der Waals surface area contributed by atoms with Crippen LogP contribution in [0.3, 0.4) is 0 Å². The maximum atomic E-state index is 5.17. The number of piperidine rings is 1. The molecule has 2 heteroatoms. The van der Waals surface area contributed by atoms with Crippen molar-refractivity contribution in [2.45, 2.75) is 26.2 Å². The van der Waals surface area contributed by atoms with Crippen LogP contribution in [0.2, 0.25) is 0 Å². The number of hydrogen-bond donors (Lipinski definition) is 0. The monoisotopic (exact) mass is 233 g/mol. The molecule has 1 aliphatic rings. The lowest BCUT2D eigenvalue weighted by Gasteiger charge is -2.30. The molecule has 0 bridgehead atoms. The molecule has 94 valence electrons. The van der Waals surface area contributed by atoms with E-state index in [0.717, 1.165) is 18.1 Å². The fourth-order valence-corrected chi connectivity index (χ4v) is 2.57. The number of likely N-dealkylation sites (tertiary alicyclic amines) is 1. The van der Waals surface area contributed by atoms with E-state index >= 15 is 0 Å². The Morgan fingerprint density at radius 2 is 2.06 bits per heavy atom. The van der Waals surface area contributed by atoms with Crippen molar-refractivity contribution >= 4 is 0 Å². The zero-order valence-corrected chi connectivity index (χ0v) is 11.0. The lowest BCUT2D eigenvalue weighted by atomic mass is 10.00. The third-order valence-corrected chi connectivity index (χ3v) is 3.62. The molecule has 1 aromatic carbocycles. The number of methoxy groups -OCH3 is 1. The van der Waals surface area contributed by atoms with Crippen molar-refractivity contribution in [3.05, 3.63) is 29.8 Å². The van der Waals surface area contributed by atoms with E-state index in [1.807, 2.05) is 12.1 Å². The SMILES string of the molecule is COc1ccc(CCN2CCC[C@H](C)C2)cc1. The summed E-state index contributed by atoms with van der Waals surface area (Å²) < 4.78 is 5.17. The number of nitrogens with zero attached hydrogens (tertiary/aromatic N) is 1. The molecule has 0 spiro atoms. The molecule has 2 nitrogen and oxygen atoms in total. The molecule has 1 fully saturated rings. The summed E-state index contributed by atoms with van der Waals surface area (Å²) in [5, 5.41) is 0. The van der Waals surface area contributed by atoms with Gasteiger partial charge in [-0.25, -0.2) is 0 Å². The van der Waals surface area contributed by atoms with Gasteiger partial charge in [-0.05, 0) is 49.4 Å². The van der Waals surface area contributed by atoms with Crippen molar-refractivity contribution in [2.75, 3.05) is 26.7 Å². The van der Waals surface area contributed by atoms with E-state index in [0.29, 0.717) is 0 Å². The van der Waals surface area contributed by atoms with Crippen LogP contribution in [0.1, 0.15) is 25.3 Å². The summed E-state index contributed by atoms with van der Waals surface area (Å²) in [5.41, 5.74) is 1.41. The van der Waals surface area contributed by atoms with Gasteiger partial charge in [0.15, 0.2) is 0 Å². The first kappa shape index (κ1) is 12.4. The quantitative estimate of drug-likeness (QED) is 0.792. The summed E-state index contributed by atoms with van der Waals surface area (Å²) in [6, 6.07) is 8.45. The average molecular weight is 233 g/mol. The summed E-state index contributed by atoms with van der Waals surface area (Å²) in [5.74, 6) is 1.82. The molecule has 0 N–H and O–H groups in total. The van der Waals surface area contributed by atoms with Crippen molar-refractivity contribution in [3.8, 4) is 5.75 Å². The van der Waals surface area contributed by atoms with Crippen molar-refractivity contribution in [1.29, 1.82) is 0 Å². The smallest absolute Gasteiger partial charge is 0.118 e. The Morgan fingerprint density at radius 1 is 1.29 bits per heavy atom. The second kappa shape index (κ2) is 6.06. The lowest BCUT2D eigenvalue weighted by Crippen LogP contribution is -2.35. The molecule has 2 rings (SSSR count). The standard InChI is InChI=1S/C15H23NO/c1-13-4-3-10-16(12-13)11-9-14-5-7-15(17-2)8-6-14/h5-8,13H,3-4,9-12H2,1-2H3/t13-/m0/s1. The van der Waals surface area contributed by atoms with E-state index in [1.54, 1.807) is 7.11 Å². The second-order valence-corrected chi connectivity index (χ2v) is 5.15. The van der Waals surface area contributed by atoms with Gasteiger partial charge in [0, 0.05) is 13.1 Å². The first-order valence-corrected chi connectivity index (χ1v) is 6.63. The maximum Gasteiger partial charge on any atom is 0.118 e. The zero-order chi connectivity index (χ0) is 12.1. The minimum atomic E-state index is 0.875. The minimum Gasteiger partial charge on any atom is -0.497 e. The van der Waals surface area contributed by atoms with Gasteiger partial charge in [0.1, 0.15) is 5.75 Å². The van der Waals surface area contributed by atoms with Crippen LogP contribution in [0.5, 0.6) is 5.75 Å². The molecule has 0 aromatic heterocycles. The van der Waals surface area contributed by atoms with Crippen LogP contribution < -0.4 is 4.74 Å². The Balaban J connectivity index is 1.80. The molecule has 1 heterocycles. The predicted octanol–water partition coefficient (Wildman–Crippen LogP) is 2.97. The maximum absolute atomic E-state index is 5.17. The Morgan fingerprint density at radius 3 is 2.71 bits per heavy atom. The number of hydrogen-bond acceptors (Lipinski definition) is 2.